The van der Waals surface area contributed by atoms with E-state index in [0.29, 0.717) is 11.4 Å². The van der Waals surface area contributed by atoms with E-state index in [-0.39, 0.29) is 16.1 Å². The highest BCUT2D eigenvalue weighted by Gasteiger charge is 2.08. The van der Waals surface area contributed by atoms with Gasteiger partial charge in [-0.25, -0.2) is 4.68 Å². The lowest BCUT2D eigenvalue weighted by atomic mass is 10.3. The first-order valence-corrected chi connectivity index (χ1v) is 5.85. The van der Waals surface area contributed by atoms with Gasteiger partial charge >= 0.3 is 0 Å². The van der Waals surface area contributed by atoms with Gasteiger partial charge in [0.2, 0.25) is 0 Å². The Bertz CT molecular complexity index is 627. The van der Waals surface area contributed by atoms with Gasteiger partial charge < -0.3 is 10.3 Å². The molecule has 1 aromatic heterocycles. The summed E-state index contributed by atoms with van der Waals surface area (Å²) in [5.74, 6) is 0. The van der Waals surface area contributed by atoms with Gasteiger partial charge in [0.1, 0.15) is 5.69 Å². The standard InChI is InChI=1S/C10H11N3O3S/c1-6-9(11)10(14)13(12-6)7-2-4-8(5-3-7)17(15)16/h2-5,12H,11H2,1H3,(H,15,16)/p-1. The van der Waals surface area contributed by atoms with E-state index in [2.05, 4.69) is 5.10 Å². The van der Waals surface area contributed by atoms with Crippen LogP contribution in [-0.2, 0) is 11.1 Å². The Morgan fingerprint density at radius 2 is 1.94 bits per heavy atom. The van der Waals surface area contributed by atoms with Gasteiger partial charge in [0.15, 0.2) is 0 Å². The molecular weight excluding hydrogens is 242 g/mol. The molecule has 0 spiro atoms. The Labute approximate surface area is 99.3 Å². The Balaban J connectivity index is 2.50. The minimum atomic E-state index is -2.27. The van der Waals surface area contributed by atoms with Crippen LogP contribution in [-0.4, -0.2) is 18.5 Å². The predicted molar refractivity (Wildman–Crippen MR) is 62.7 cm³/mol. The molecule has 0 amide bonds. The molecular formula is C10H10N3O3S-. The maximum absolute atomic E-state index is 11.7. The van der Waals surface area contributed by atoms with E-state index in [9.17, 15) is 13.6 Å². The zero-order valence-electron chi connectivity index (χ0n) is 8.97. The lowest BCUT2D eigenvalue weighted by Crippen LogP contribution is -2.16. The number of H-pyrrole nitrogens is 1. The fourth-order valence-corrected chi connectivity index (χ4v) is 1.81. The summed E-state index contributed by atoms with van der Waals surface area (Å²) >= 11 is -2.27. The molecule has 1 heterocycles. The molecule has 17 heavy (non-hydrogen) atoms. The van der Waals surface area contributed by atoms with Crippen LogP contribution in [0.2, 0.25) is 0 Å². The molecule has 0 bridgehead atoms. The van der Waals surface area contributed by atoms with Crippen LogP contribution >= 0.6 is 0 Å². The van der Waals surface area contributed by atoms with Crippen LogP contribution in [0.1, 0.15) is 5.69 Å². The van der Waals surface area contributed by atoms with Crippen molar-refractivity contribution in [2.24, 2.45) is 0 Å². The zero-order chi connectivity index (χ0) is 12.6. The minimum Gasteiger partial charge on any atom is -0.768 e. The van der Waals surface area contributed by atoms with Crippen LogP contribution in [0.25, 0.3) is 5.69 Å². The normalized spacial score (nSPS) is 12.6. The van der Waals surface area contributed by atoms with Crippen LogP contribution in [0, 0.1) is 6.92 Å². The maximum Gasteiger partial charge on any atom is 0.294 e. The van der Waals surface area contributed by atoms with E-state index in [1.165, 1.54) is 28.9 Å². The van der Waals surface area contributed by atoms with Crippen molar-refractivity contribution in [1.29, 1.82) is 0 Å². The predicted octanol–water partition coefficient (Wildman–Crippen LogP) is 0.294. The molecule has 1 aromatic carbocycles. The highest BCUT2D eigenvalue weighted by Crippen LogP contribution is 2.11. The largest absolute Gasteiger partial charge is 0.768 e. The van der Waals surface area contributed by atoms with Crippen molar-refractivity contribution in [2.45, 2.75) is 11.8 Å². The molecule has 0 saturated heterocycles. The van der Waals surface area contributed by atoms with Crippen LogP contribution in [0.15, 0.2) is 34.0 Å². The molecule has 0 aliphatic carbocycles. The molecule has 0 fully saturated rings. The third-order valence-corrected chi connectivity index (χ3v) is 3.06. The fraction of sp³-hybridized carbons (Fsp3) is 0.100. The van der Waals surface area contributed by atoms with Crippen LogP contribution in [0.4, 0.5) is 5.69 Å². The van der Waals surface area contributed by atoms with Crippen LogP contribution in [0.5, 0.6) is 0 Å². The first-order valence-electron chi connectivity index (χ1n) is 4.77. The summed E-state index contributed by atoms with van der Waals surface area (Å²) < 4.78 is 22.6. The van der Waals surface area contributed by atoms with Crippen LogP contribution in [0.3, 0.4) is 0 Å². The van der Waals surface area contributed by atoms with Gasteiger partial charge in [-0.15, -0.1) is 0 Å². The zero-order valence-corrected chi connectivity index (χ0v) is 9.78. The number of hydrogen-bond donors (Lipinski definition) is 2. The quantitative estimate of drug-likeness (QED) is 0.750. The van der Waals surface area contributed by atoms with E-state index < -0.39 is 11.1 Å². The van der Waals surface area contributed by atoms with E-state index in [1.54, 1.807) is 6.92 Å². The summed E-state index contributed by atoms with van der Waals surface area (Å²) in [5, 5.41) is 2.80. The molecule has 0 saturated carbocycles. The molecule has 90 valence electrons. The third kappa shape index (κ3) is 2.02. The van der Waals surface area contributed by atoms with E-state index >= 15 is 0 Å². The van der Waals surface area contributed by atoms with Crippen molar-refractivity contribution in [1.82, 2.24) is 9.78 Å². The van der Waals surface area contributed by atoms with Gasteiger partial charge in [0, 0.05) is 4.90 Å². The number of anilines is 1. The number of hydrogen-bond acceptors (Lipinski definition) is 4. The van der Waals surface area contributed by atoms with Gasteiger partial charge in [0.25, 0.3) is 5.56 Å². The minimum absolute atomic E-state index is 0.154. The molecule has 0 aliphatic rings. The molecule has 0 radical (unpaired) electrons. The number of nitrogens with zero attached hydrogens (tertiary/aromatic N) is 1. The Morgan fingerprint density at radius 3 is 2.35 bits per heavy atom. The van der Waals surface area contributed by atoms with Gasteiger partial charge in [-0.2, -0.15) is 0 Å². The lowest BCUT2D eigenvalue weighted by Gasteiger charge is -2.06. The summed E-state index contributed by atoms with van der Waals surface area (Å²) in [6, 6.07) is 5.89. The number of aryl methyl sites for hydroxylation is 1. The second-order valence-electron chi connectivity index (χ2n) is 3.52. The van der Waals surface area contributed by atoms with Crippen LogP contribution < -0.4 is 11.3 Å². The second-order valence-corrected chi connectivity index (χ2v) is 4.46. The van der Waals surface area contributed by atoms with E-state index in [4.69, 9.17) is 5.73 Å². The molecule has 3 N–H and O–H groups in total. The highest BCUT2D eigenvalue weighted by molar-refractivity contribution is 7.79. The highest BCUT2D eigenvalue weighted by atomic mass is 32.2. The van der Waals surface area contributed by atoms with Gasteiger partial charge in [0.05, 0.1) is 11.4 Å². The molecule has 1 atom stereocenters. The molecule has 6 nitrogen and oxygen atoms in total. The maximum atomic E-state index is 11.7. The van der Waals surface area contributed by atoms with Crippen molar-refractivity contribution < 1.29 is 8.76 Å². The number of nitrogens with one attached hydrogen (secondary N) is 1. The summed E-state index contributed by atoms with van der Waals surface area (Å²) in [5.41, 5.74) is 6.47. The number of aromatic nitrogens is 2. The van der Waals surface area contributed by atoms with Gasteiger partial charge in [-0.1, -0.05) is 0 Å². The summed E-state index contributed by atoms with van der Waals surface area (Å²) in [6.45, 7) is 1.69. The van der Waals surface area contributed by atoms with Crippen molar-refractivity contribution in [3.8, 4) is 5.69 Å². The fourth-order valence-electron chi connectivity index (χ4n) is 1.45. The number of benzene rings is 1. The molecule has 2 aromatic rings. The molecule has 1 unspecified atom stereocenters. The average Bonchev–Trinajstić information content (AvgIpc) is 2.57. The Kier molecular flexibility index (Phi) is 2.86. The summed E-state index contributed by atoms with van der Waals surface area (Å²) in [4.78, 5) is 11.9. The molecule has 2 rings (SSSR count). The lowest BCUT2D eigenvalue weighted by molar-refractivity contribution is 0.537. The smallest absolute Gasteiger partial charge is 0.294 e. The molecule has 0 aliphatic heterocycles. The summed E-state index contributed by atoms with van der Waals surface area (Å²) in [7, 11) is 0. The summed E-state index contributed by atoms with van der Waals surface area (Å²) in [6.07, 6.45) is 0. The SMILES string of the molecule is Cc1[nH]n(-c2ccc(S(=O)[O-])cc2)c(=O)c1N. The van der Waals surface area contributed by atoms with Crippen molar-refractivity contribution in [3.05, 3.63) is 40.3 Å². The number of nitrogen functional groups attached to an aromatic ring is 1. The Hall–Kier alpha value is -1.86. The topological polar surface area (TPSA) is 104 Å². The number of nitrogens with two attached hydrogens (primary N) is 1. The molecule has 7 heteroatoms. The first kappa shape index (κ1) is 11.6. The van der Waals surface area contributed by atoms with Gasteiger partial charge in [-0.05, 0) is 42.3 Å². The first-order chi connectivity index (χ1) is 8.00. The Morgan fingerprint density at radius 1 is 1.35 bits per heavy atom. The number of aromatic amines is 1. The van der Waals surface area contributed by atoms with E-state index in [1.807, 2.05) is 0 Å². The average molecular weight is 252 g/mol. The van der Waals surface area contributed by atoms with Crippen molar-refractivity contribution in [3.63, 3.8) is 0 Å². The second kappa shape index (κ2) is 4.19. The number of rotatable bonds is 2. The monoisotopic (exact) mass is 252 g/mol. The van der Waals surface area contributed by atoms with E-state index in [0.717, 1.165) is 0 Å². The van der Waals surface area contributed by atoms with Gasteiger partial charge in [-0.3, -0.25) is 14.1 Å². The van der Waals surface area contributed by atoms with Crippen molar-refractivity contribution >= 4 is 16.8 Å². The third-order valence-electron chi connectivity index (χ3n) is 2.40. The van der Waals surface area contributed by atoms with Crippen molar-refractivity contribution in [2.75, 3.05) is 5.73 Å².